The maximum atomic E-state index is 12.3. The van der Waals surface area contributed by atoms with Gasteiger partial charge in [-0.2, -0.15) is 5.10 Å². The minimum atomic E-state index is -0.505. The lowest BCUT2D eigenvalue weighted by Crippen LogP contribution is -2.39. The molecule has 3 aromatic heterocycles. The van der Waals surface area contributed by atoms with Crippen molar-refractivity contribution in [2.45, 2.75) is 32.8 Å². The Kier molecular flexibility index (Phi) is 5.11. The van der Waals surface area contributed by atoms with Crippen LogP contribution in [0.2, 0.25) is 0 Å². The van der Waals surface area contributed by atoms with Crippen LogP contribution in [0, 0.1) is 0 Å². The van der Waals surface area contributed by atoms with E-state index >= 15 is 0 Å². The SMILES string of the molecule is [B]c1cnc2[nH]c(C3=CCN(C(=O)OC(C)(C)C)CC3)cc2c1Nc1ccc2[nH]ncc2c1. The van der Waals surface area contributed by atoms with Crippen molar-refractivity contribution < 1.29 is 9.53 Å². The Morgan fingerprint density at radius 2 is 2.09 bits per heavy atom. The summed E-state index contributed by atoms with van der Waals surface area (Å²) in [6.45, 7) is 6.72. The molecule has 2 radical (unpaired) electrons. The largest absolute Gasteiger partial charge is 0.444 e. The van der Waals surface area contributed by atoms with E-state index in [2.05, 4.69) is 37.6 Å². The van der Waals surface area contributed by atoms with Gasteiger partial charge in [-0.15, -0.1) is 0 Å². The van der Waals surface area contributed by atoms with E-state index in [-0.39, 0.29) is 6.09 Å². The Balaban J connectivity index is 1.40. The quantitative estimate of drug-likeness (QED) is 0.419. The molecular formula is C24H25BN6O2. The predicted octanol–water partition coefficient (Wildman–Crippen LogP) is 4.00. The number of rotatable bonds is 3. The predicted molar refractivity (Wildman–Crippen MR) is 131 cm³/mol. The number of benzene rings is 1. The Bertz CT molecular complexity index is 1380. The van der Waals surface area contributed by atoms with Crippen molar-refractivity contribution >= 4 is 58.3 Å². The summed E-state index contributed by atoms with van der Waals surface area (Å²) >= 11 is 0. The van der Waals surface area contributed by atoms with E-state index in [9.17, 15) is 4.79 Å². The normalized spacial score (nSPS) is 14.5. The molecule has 0 spiro atoms. The number of aromatic nitrogens is 4. The first-order valence-corrected chi connectivity index (χ1v) is 10.9. The van der Waals surface area contributed by atoms with Gasteiger partial charge in [0.2, 0.25) is 0 Å². The first-order chi connectivity index (χ1) is 15.8. The number of amides is 1. The van der Waals surface area contributed by atoms with E-state index in [4.69, 9.17) is 12.6 Å². The second kappa shape index (κ2) is 7.99. The number of pyridine rings is 1. The summed E-state index contributed by atoms with van der Waals surface area (Å²) in [5, 5.41) is 12.4. The van der Waals surface area contributed by atoms with Crippen LogP contribution in [0.4, 0.5) is 16.2 Å². The summed E-state index contributed by atoms with van der Waals surface area (Å²) in [6, 6.07) is 8.04. The van der Waals surface area contributed by atoms with Gasteiger partial charge in [-0.3, -0.25) is 5.10 Å². The van der Waals surface area contributed by atoms with Crippen molar-refractivity contribution in [2.75, 3.05) is 18.4 Å². The zero-order valence-corrected chi connectivity index (χ0v) is 18.9. The number of carbonyl (C=O) groups is 1. The third-order valence-corrected chi connectivity index (χ3v) is 5.60. The average molecular weight is 440 g/mol. The summed E-state index contributed by atoms with van der Waals surface area (Å²) < 4.78 is 5.49. The molecule has 0 atom stereocenters. The molecule has 1 aromatic carbocycles. The zero-order valence-electron chi connectivity index (χ0n) is 18.9. The van der Waals surface area contributed by atoms with Gasteiger partial charge >= 0.3 is 6.09 Å². The third kappa shape index (κ3) is 4.31. The topological polar surface area (TPSA) is 98.9 Å². The Morgan fingerprint density at radius 3 is 2.85 bits per heavy atom. The molecule has 166 valence electrons. The molecule has 0 unspecified atom stereocenters. The van der Waals surface area contributed by atoms with Crippen LogP contribution in [0.5, 0.6) is 0 Å². The second-order valence-corrected chi connectivity index (χ2v) is 9.24. The molecule has 1 aliphatic rings. The highest BCUT2D eigenvalue weighted by Crippen LogP contribution is 2.30. The van der Waals surface area contributed by atoms with Crippen LogP contribution in [0.1, 0.15) is 32.9 Å². The highest BCUT2D eigenvalue weighted by molar-refractivity contribution is 6.37. The first kappa shape index (κ1) is 21.1. The summed E-state index contributed by atoms with van der Waals surface area (Å²) in [5.41, 5.74) is 5.61. The van der Waals surface area contributed by atoms with Gasteiger partial charge in [0.15, 0.2) is 0 Å². The molecule has 8 nitrogen and oxygen atoms in total. The fraction of sp³-hybridized carbons (Fsp3) is 0.292. The van der Waals surface area contributed by atoms with Crippen molar-refractivity contribution in [3.05, 3.63) is 48.4 Å². The van der Waals surface area contributed by atoms with E-state index in [0.717, 1.165) is 51.0 Å². The minimum Gasteiger partial charge on any atom is -0.444 e. The average Bonchev–Trinajstić information content (AvgIpc) is 3.41. The second-order valence-electron chi connectivity index (χ2n) is 9.24. The van der Waals surface area contributed by atoms with Gasteiger partial charge in [-0.25, -0.2) is 9.78 Å². The summed E-state index contributed by atoms with van der Waals surface area (Å²) in [7, 11) is 6.29. The fourth-order valence-corrected chi connectivity index (χ4v) is 3.97. The maximum Gasteiger partial charge on any atom is 0.410 e. The number of fused-ring (bicyclic) bond motifs is 2. The number of carbonyl (C=O) groups excluding carboxylic acids is 1. The smallest absolute Gasteiger partial charge is 0.410 e. The van der Waals surface area contributed by atoms with E-state index in [1.807, 2.05) is 39.0 Å². The fourth-order valence-electron chi connectivity index (χ4n) is 3.97. The first-order valence-electron chi connectivity index (χ1n) is 10.9. The van der Waals surface area contributed by atoms with Gasteiger partial charge in [0.05, 0.1) is 11.7 Å². The highest BCUT2D eigenvalue weighted by Gasteiger charge is 2.24. The molecule has 5 rings (SSSR count). The molecule has 4 aromatic rings. The van der Waals surface area contributed by atoms with E-state index < -0.39 is 5.60 Å². The number of nitrogens with one attached hydrogen (secondary N) is 3. The molecule has 0 saturated carbocycles. The van der Waals surface area contributed by atoms with Crippen LogP contribution in [-0.2, 0) is 4.74 Å². The van der Waals surface area contributed by atoms with Gasteiger partial charge in [0.1, 0.15) is 19.1 Å². The molecule has 3 N–H and O–H groups in total. The zero-order chi connectivity index (χ0) is 23.2. The minimum absolute atomic E-state index is 0.287. The van der Waals surface area contributed by atoms with Crippen LogP contribution < -0.4 is 10.8 Å². The van der Waals surface area contributed by atoms with Gasteiger partial charge in [0.25, 0.3) is 0 Å². The highest BCUT2D eigenvalue weighted by atomic mass is 16.6. The number of hydrogen-bond acceptors (Lipinski definition) is 5. The van der Waals surface area contributed by atoms with Crippen molar-refractivity contribution in [3.63, 3.8) is 0 Å². The number of ether oxygens (including phenoxy) is 1. The standard InChI is InChI=1S/C24H25BN6O2/c1-24(2,3)33-23(32)31-8-6-14(7-9-31)20-11-17-21(18(25)13-26-22(17)29-20)28-16-4-5-19-15(10-16)12-27-30-19/h4-6,10-13H,7-9H2,1-3H3,(H,27,30)(H2,26,28,29). The van der Waals surface area contributed by atoms with Gasteiger partial charge in [-0.05, 0) is 57.0 Å². The molecule has 33 heavy (non-hydrogen) atoms. The van der Waals surface area contributed by atoms with Gasteiger partial charge < -0.3 is 19.9 Å². The summed E-state index contributed by atoms with van der Waals surface area (Å²) in [5.74, 6) is 0. The monoisotopic (exact) mass is 440 g/mol. The van der Waals surface area contributed by atoms with Gasteiger partial charge in [-0.1, -0.05) is 11.5 Å². The summed E-state index contributed by atoms with van der Waals surface area (Å²) in [4.78, 5) is 21.9. The van der Waals surface area contributed by atoms with Crippen LogP contribution in [0.3, 0.4) is 0 Å². The molecule has 0 saturated heterocycles. The lowest BCUT2D eigenvalue weighted by Gasteiger charge is -2.29. The summed E-state index contributed by atoms with van der Waals surface area (Å²) in [6.07, 6.45) is 5.94. The number of nitrogens with zero attached hydrogens (tertiary/aromatic N) is 3. The molecular weight excluding hydrogens is 415 g/mol. The van der Waals surface area contributed by atoms with E-state index in [1.165, 1.54) is 0 Å². The Labute approximate surface area is 192 Å². The lowest BCUT2D eigenvalue weighted by atomic mass is 9.94. The molecule has 1 amide bonds. The number of aromatic amines is 2. The number of H-pyrrole nitrogens is 2. The maximum absolute atomic E-state index is 12.3. The van der Waals surface area contributed by atoms with Crippen LogP contribution in [0.25, 0.3) is 27.5 Å². The van der Waals surface area contributed by atoms with Crippen molar-refractivity contribution in [1.29, 1.82) is 0 Å². The van der Waals surface area contributed by atoms with Crippen molar-refractivity contribution in [3.8, 4) is 0 Å². The van der Waals surface area contributed by atoms with E-state index in [0.29, 0.717) is 18.6 Å². The molecule has 0 aliphatic carbocycles. The molecule has 9 heteroatoms. The van der Waals surface area contributed by atoms with Crippen LogP contribution in [-0.4, -0.2) is 57.7 Å². The van der Waals surface area contributed by atoms with Crippen LogP contribution in [0.15, 0.2) is 42.7 Å². The van der Waals surface area contributed by atoms with Crippen LogP contribution >= 0.6 is 0 Å². The molecule has 4 heterocycles. The lowest BCUT2D eigenvalue weighted by molar-refractivity contribution is 0.0270. The van der Waals surface area contributed by atoms with Gasteiger partial charge in [0, 0.05) is 47.1 Å². The molecule has 1 aliphatic heterocycles. The molecule has 0 fully saturated rings. The molecule has 0 bridgehead atoms. The number of anilines is 2. The van der Waals surface area contributed by atoms with E-state index in [1.54, 1.807) is 17.3 Å². The van der Waals surface area contributed by atoms with Crippen molar-refractivity contribution in [2.24, 2.45) is 0 Å². The Hall–Kier alpha value is -3.75. The third-order valence-electron chi connectivity index (χ3n) is 5.60. The van der Waals surface area contributed by atoms with Crippen molar-refractivity contribution in [1.82, 2.24) is 25.1 Å². The number of hydrogen-bond donors (Lipinski definition) is 3. The Morgan fingerprint density at radius 1 is 1.24 bits per heavy atom.